The molecule has 1 aliphatic rings. The number of rotatable bonds is 1. The Labute approximate surface area is 80.3 Å². The van der Waals surface area contributed by atoms with Crippen LogP contribution in [-0.4, -0.2) is 38.2 Å². The minimum Gasteiger partial charge on any atom is -0.290 e. The fourth-order valence-corrected chi connectivity index (χ4v) is 2.08. The van der Waals surface area contributed by atoms with E-state index in [1.807, 2.05) is 0 Å². The number of hydrogen-bond acceptors (Lipinski definition) is 3. The molecule has 0 radical (unpaired) electrons. The predicted octanol–water partition coefficient (Wildman–Crippen LogP) is 1.03. The molecule has 0 atom stereocenters. The van der Waals surface area contributed by atoms with Gasteiger partial charge in [-0.1, -0.05) is 6.08 Å². The Kier molecular flexibility index (Phi) is 2.56. The highest BCUT2D eigenvalue weighted by Gasteiger charge is 2.28. The summed E-state index contributed by atoms with van der Waals surface area (Å²) in [7, 11) is -2.98. The molecule has 0 saturated heterocycles. The zero-order valence-corrected chi connectivity index (χ0v) is 9.48. The summed E-state index contributed by atoms with van der Waals surface area (Å²) >= 11 is 0. The van der Waals surface area contributed by atoms with Crippen molar-refractivity contribution in [2.75, 3.05) is 19.3 Å². The molecule has 1 aliphatic heterocycles. The van der Waals surface area contributed by atoms with Gasteiger partial charge in [0.15, 0.2) is 9.84 Å². The molecule has 0 aromatic carbocycles. The molecule has 3 nitrogen and oxygen atoms in total. The molecule has 0 saturated carbocycles. The largest absolute Gasteiger partial charge is 0.290 e. The maximum Gasteiger partial charge on any atom is 0.172 e. The average molecular weight is 203 g/mol. The van der Waals surface area contributed by atoms with Gasteiger partial charge in [0, 0.05) is 24.9 Å². The van der Waals surface area contributed by atoms with Crippen molar-refractivity contribution in [3.63, 3.8) is 0 Å². The zero-order valence-electron chi connectivity index (χ0n) is 8.66. The minimum absolute atomic E-state index is 0.0446. The Morgan fingerprint density at radius 2 is 1.92 bits per heavy atom. The first-order valence-corrected chi connectivity index (χ1v) is 6.24. The maximum atomic E-state index is 11.2. The van der Waals surface area contributed by atoms with Crippen molar-refractivity contribution < 1.29 is 8.42 Å². The van der Waals surface area contributed by atoms with Gasteiger partial charge in [0.25, 0.3) is 0 Å². The third kappa shape index (κ3) is 2.54. The van der Waals surface area contributed by atoms with E-state index >= 15 is 0 Å². The molecule has 0 spiro atoms. The van der Waals surface area contributed by atoms with Crippen LogP contribution >= 0.6 is 0 Å². The molecule has 0 N–H and O–H groups in total. The van der Waals surface area contributed by atoms with Crippen molar-refractivity contribution in [1.29, 1.82) is 0 Å². The summed E-state index contributed by atoms with van der Waals surface area (Å²) in [5, 5.41) is 0. The van der Waals surface area contributed by atoms with Crippen molar-refractivity contribution in [3.05, 3.63) is 11.0 Å². The van der Waals surface area contributed by atoms with Crippen LogP contribution in [0.2, 0.25) is 0 Å². The Morgan fingerprint density at radius 3 is 2.15 bits per heavy atom. The van der Waals surface area contributed by atoms with Crippen molar-refractivity contribution in [2.24, 2.45) is 0 Å². The van der Waals surface area contributed by atoms with E-state index in [4.69, 9.17) is 0 Å². The summed E-state index contributed by atoms with van der Waals surface area (Å²) < 4.78 is 22.4. The van der Waals surface area contributed by atoms with Crippen molar-refractivity contribution in [3.8, 4) is 0 Å². The van der Waals surface area contributed by atoms with Crippen LogP contribution in [0.3, 0.4) is 0 Å². The Morgan fingerprint density at radius 1 is 1.38 bits per heavy atom. The lowest BCUT2D eigenvalue weighted by atomic mass is 10.1. The van der Waals surface area contributed by atoms with E-state index in [9.17, 15) is 8.42 Å². The van der Waals surface area contributed by atoms with E-state index in [0.29, 0.717) is 11.4 Å². The molecule has 1 heterocycles. The fraction of sp³-hybridized carbons (Fsp3) is 0.778. The SMILES string of the molecule is CC(C)(C)N1CC=C(S(C)(=O)=O)C1. The van der Waals surface area contributed by atoms with Gasteiger partial charge in [0.2, 0.25) is 0 Å². The van der Waals surface area contributed by atoms with Gasteiger partial charge in [-0.25, -0.2) is 8.42 Å². The summed E-state index contributed by atoms with van der Waals surface area (Å²) in [6, 6.07) is 0. The molecule has 0 aromatic rings. The van der Waals surface area contributed by atoms with Crippen LogP contribution in [0, 0.1) is 0 Å². The summed E-state index contributed by atoms with van der Waals surface area (Å²) in [5.74, 6) is 0. The Bertz CT molecular complexity index is 322. The lowest BCUT2D eigenvalue weighted by Gasteiger charge is -2.31. The Hall–Kier alpha value is -0.350. The highest BCUT2D eigenvalue weighted by molar-refractivity contribution is 7.94. The average Bonchev–Trinajstić information content (AvgIpc) is 2.28. The molecule has 0 aliphatic carbocycles. The van der Waals surface area contributed by atoms with Crippen molar-refractivity contribution >= 4 is 9.84 Å². The van der Waals surface area contributed by atoms with Gasteiger partial charge >= 0.3 is 0 Å². The van der Waals surface area contributed by atoms with Crippen LogP contribution < -0.4 is 0 Å². The van der Waals surface area contributed by atoms with Crippen LogP contribution in [0.1, 0.15) is 20.8 Å². The monoisotopic (exact) mass is 203 g/mol. The van der Waals surface area contributed by atoms with Crippen LogP contribution in [0.5, 0.6) is 0 Å². The van der Waals surface area contributed by atoms with Gasteiger partial charge in [0.1, 0.15) is 0 Å². The zero-order chi connectivity index (χ0) is 10.3. The lowest BCUT2D eigenvalue weighted by molar-refractivity contribution is 0.182. The smallest absolute Gasteiger partial charge is 0.172 e. The first kappa shape index (κ1) is 10.7. The molecule has 13 heavy (non-hydrogen) atoms. The lowest BCUT2D eigenvalue weighted by Crippen LogP contribution is -2.40. The normalized spacial score (nSPS) is 20.5. The third-order valence-corrected chi connectivity index (χ3v) is 3.56. The Balaban J connectivity index is 2.74. The molecule has 0 unspecified atom stereocenters. The molecule has 76 valence electrons. The molecular formula is C9H17NO2S. The molecule has 0 bridgehead atoms. The first-order chi connectivity index (χ1) is 5.71. The quantitative estimate of drug-likeness (QED) is 0.639. The predicted molar refractivity (Wildman–Crippen MR) is 54.3 cm³/mol. The highest BCUT2D eigenvalue weighted by atomic mass is 32.2. The topological polar surface area (TPSA) is 37.4 Å². The standard InChI is InChI=1S/C9H17NO2S/c1-9(2,3)10-6-5-8(7-10)13(4,11)12/h5H,6-7H2,1-4H3. The van der Waals surface area contributed by atoms with E-state index in [0.717, 1.165) is 6.54 Å². The van der Waals surface area contributed by atoms with E-state index in [-0.39, 0.29) is 5.54 Å². The number of hydrogen-bond donors (Lipinski definition) is 0. The second-order valence-corrected chi connectivity index (χ2v) is 6.56. The van der Waals surface area contributed by atoms with Crippen LogP contribution in [0.4, 0.5) is 0 Å². The first-order valence-electron chi connectivity index (χ1n) is 4.35. The molecule has 0 amide bonds. The van der Waals surface area contributed by atoms with Crippen LogP contribution in [0.25, 0.3) is 0 Å². The second kappa shape index (κ2) is 3.10. The summed E-state index contributed by atoms with van der Waals surface area (Å²) in [4.78, 5) is 2.70. The van der Waals surface area contributed by atoms with Gasteiger partial charge in [0.05, 0.1) is 4.91 Å². The summed E-state index contributed by atoms with van der Waals surface area (Å²) in [5.41, 5.74) is 0.0446. The van der Waals surface area contributed by atoms with Crippen LogP contribution in [0.15, 0.2) is 11.0 Å². The van der Waals surface area contributed by atoms with E-state index in [1.165, 1.54) is 6.26 Å². The molecule has 0 fully saturated rings. The summed E-state index contributed by atoms with van der Waals surface area (Å²) in [6.45, 7) is 7.57. The van der Waals surface area contributed by atoms with E-state index < -0.39 is 9.84 Å². The molecule has 4 heteroatoms. The van der Waals surface area contributed by atoms with Gasteiger partial charge < -0.3 is 0 Å². The number of nitrogens with zero attached hydrogens (tertiary/aromatic N) is 1. The summed E-state index contributed by atoms with van der Waals surface area (Å²) in [6.07, 6.45) is 3.07. The molecule has 0 aromatic heterocycles. The minimum atomic E-state index is -2.98. The second-order valence-electron chi connectivity index (χ2n) is 4.49. The van der Waals surface area contributed by atoms with E-state index in [2.05, 4.69) is 25.7 Å². The third-order valence-electron chi connectivity index (χ3n) is 2.31. The van der Waals surface area contributed by atoms with Gasteiger partial charge in [-0.05, 0) is 20.8 Å². The van der Waals surface area contributed by atoms with Crippen LogP contribution in [-0.2, 0) is 9.84 Å². The fourth-order valence-electron chi connectivity index (χ4n) is 1.31. The van der Waals surface area contributed by atoms with Gasteiger partial charge in [-0.15, -0.1) is 0 Å². The van der Waals surface area contributed by atoms with Crippen molar-refractivity contribution in [2.45, 2.75) is 26.3 Å². The maximum absolute atomic E-state index is 11.2. The molecule has 1 rings (SSSR count). The highest BCUT2D eigenvalue weighted by Crippen LogP contribution is 2.22. The van der Waals surface area contributed by atoms with Gasteiger partial charge in [-0.2, -0.15) is 0 Å². The number of sulfone groups is 1. The molecular weight excluding hydrogens is 186 g/mol. The van der Waals surface area contributed by atoms with Crippen molar-refractivity contribution in [1.82, 2.24) is 4.90 Å². The van der Waals surface area contributed by atoms with E-state index in [1.54, 1.807) is 6.08 Å². The van der Waals surface area contributed by atoms with Gasteiger partial charge in [-0.3, -0.25) is 4.90 Å².